The summed E-state index contributed by atoms with van der Waals surface area (Å²) in [6.07, 6.45) is -18.3. The zero-order valence-corrected chi connectivity index (χ0v) is 21.5. The van der Waals surface area contributed by atoms with Crippen LogP contribution in [0.3, 0.4) is 0 Å². The molecule has 1 unspecified atom stereocenters. The van der Waals surface area contributed by atoms with E-state index in [1.807, 2.05) is 0 Å². The van der Waals surface area contributed by atoms with Gasteiger partial charge in [0.1, 0.15) is 24.1 Å². The fourth-order valence-corrected chi connectivity index (χ4v) is 4.54. The number of ether oxygens (including phenoxy) is 2. The number of aromatic nitrogens is 3. The number of rotatable bonds is 7. The molecule has 1 aromatic carbocycles. The Morgan fingerprint density at radius 2 is 1.70 bits per heavy atom. The zero-order chi connectivity index (χ0) is 31.8. The maximum atomic E-state index is 14.4. The maximum absolute atomic E-state index is 14.4. The summed E-state index contributed by atoms with van der Waals surface area (Å²) in [4.78, 5) is 38.1. The monoisotopic (exact) mass is 627 g/mol. The molecule has 43 heavy (non-hydrogen) atoms. The number of carboxylic acids is 1. The number of carboxylic acid groups (broad SMARTS) is 1. The number of aliphatic hydroxyl groups is 3. The van der Waals surface area contributed by atoms with Gasteiger partial charge in [-0.2, -0.15) is 13.2 Å². The number of fused-ring (bicyclic) bond motifs is 1. The van der Waals surface area contributed by atoms with E-state index in [4.69, 9.17) is 14.6 Å². The van der Waals surface area contributed by atoms with Gasteiger partial charge in [-0.15, -0.1) is 10.2 Å². The summed E-state index contributed by atoms with van der Waals surface area (Å²) in [7, 11) is 0. The molecule has 236 valence electrons. The minimum absolute atomic E-state index is 0.195. The minimum Gasteiger partial charge on any atom is -0.479 e. The van der Waals surface area contributed by atoms with Gasteiger partial charge in [0.25, 0.3) is 0 Å². The number of carbonyl (C=O) groups is 3. The Morgan fingerprint density at radius 3 is 2.35 bits per heavy atom. The Kier molecular flexibility index (Phi) is 9.13. The van der Waals surface area contributed by atoms with Gasteiger partial charge in [-0.25, -0.2) is 22.8 Å². The number of hydrogen-bond acceptors (Lipinski definition) is 10. The highest BCUT2D eigenvalue weighted by atomic mass is 19.4. The van der Waals surface area contributed by atoms with Crippen LogP contribution in [0.2, 0.25) is 0 Å². The van der Waals surface area contributed by atoms with Crippen molar-refractivity contribution in [3.05, 3.63) is 46.8 Å². The van der Waals surface area contributed by atoms with E-state index in [2.05, 4.69) is 15.5 Å². The summed E-state index contributed by atoms with van der Waals surface area (Å²) < 4.78 is 91.4. The van der Waals surface area contributed by atoms with Crippen molar-refractivity contribution >= 4 is 18.0 Å². The smallest absolute Gasteiger partial charge is 0.451 e. The molecule has 5 N–H and O–H groups in total. The minimum atomic E-state index is -4.80. The molecule has 2 amide bonds. The second kappa shape index (κ2) is 12.3. The van der Waals surface area contributed by atoms with Gasteiger partial charge < -0.3 is 44.7 Å². The Morgan fingerprint density at radius 1 is 1.02 bits per heavy atom. The van der Waals surface area contributed by atoms with Crippen LogP contribution in [0, 0.1) is 17.5 Å². The standard InChI is InChI=1S/C23H23F6N5O9/c24-10-6-12(26)11(25)4-8(10)3-9(30-22(41)43-20-17(38)15(36)16(37)18(42-20)19(39)40)5-14(35)33-1-2-34-13(7-33)31-32-21(34)23(27,28)29/h4,6,9,15-18,20,36-38H,1-3,5,7H2,(H,30,41)(H,39,40)/t9-,15+,16+,17-,18+,20?/m1/s1. The predicted octanol–water partition coefficient (Wildman–Crippen LogP) is -0.324. The molecule has 0 spiro atoms. The second-order valence-electron chi connectivity index (χ2n) is 9.65. The predicted molar refractivity (Wildman–Crippen MR) is 123 cm³/mol. The first-order valence-electron chi connectivity index (χ1n) is 12.4. The van der Waals surface area contributed by atoms with Crippen LogP contribution in [0.25, 0.3) is 0 Å². The number of benzene rings is 1. The number of carbonyl (C=O) groups excluding carboxylic acids is 2. The highest BCUT2D eigenvalue weighted by molar-refractivity contribution is 5.78. The third-order valence-electron chi connectivity index (χ3n) is 6.69. The molecule has 0 saturated carbocycles. The van der Waals surface area contributed by atoms with Crippen LogP contribution in [-0.2, 0) is 44.7 Å². The van der Waals surface area contributed by atoms with Crippen LogP contribution in [0.1, 0.15) is 23.6 Å². The quantitative estimate of drug-likeness (QED) is 0.199. The Balaban J connectivity index is 1.50. The number of hydrogen-bond donors (Lipinski definition) is 5. The number of alkyl carbamates (subject to hydrolysis) is 1. The summed E-state index contributed by atoms with van der Waals surface area (Å²) >= 11 is 0. The van der Waals surface area contributed by atoms with Crippen molar-refractivity contribution in [2.24, 2.45) is 0 Å². The fourth-order valence-electron chi connectivity index (χ4n) is 4.54. The van der Waals surface area contributed by atoms with Crippen LogP contribution >= 0.6 is 0 Å². The van der Waals surface area contributed by atoms with E-state index in [0.717, 1.165) is 9.47 Å². The van der Waals surface area contributed by atoms with Gasteiger partial charge >= 0.3 is 18.2 Å². The summed E-state index contributed by atoms with van der Waals surface area (Å²) in [5.74, 6) is -8.25. The number of aliphatic hydroxyl groups excluding tert-OH is 3. The number of alkyl halides is 3. The van der Waals surface area contributed by atoms with E-state index in [9.17, 15) is 56.0 Å². The third-order valence-corrected chi connectivity index (χ3v) is 6.69. The number of amides is 2. The molecule has 2 aliphatic heterocycles. The SMILES string of the molecule is O=C(N[C@@H](CC(=O)N1CCn2c(nnc2C(F)(F)F)C1)Cc1cc(F)c(F)cc1F)OC1O[C@H](C(=O)O)[C@@H](O)[C@H](O)[C@H]1O. The molecular weight excluding hydrogens is 604 g/mol. The summed E-state index contributed by atoms with van der Waals surface area (Å²) in [6, 6.07) is -0.764. The lowest BCUT2D eigenvalue weighted by atomic mass is 9.99. The molecule has 4 rings (SSSR count). The number of nitrogens with zero attached hydrogens (tertiary/aromatic N) is 4. The number of aliphatic carboxylic acids is 1. The molecular formula is C23H23F6N5O9. The van der Waals surface area contributed by atoms with Crippen molar-refractivity contribution in [3.63, 3.8) is 0 Å². The van der Waals surface area contributed by atoms with Gasteiger partial charge in [-0.3, -0.25) is 4.79 Å². The second-order valence-corrected chi connectivity index (χ2v) is 9.65. The molecule has 0 bridgehead atoms. The van der Waals surface area contributed by atoms with Crippen LogP contribution in [-0.4, -0.2) is 101 Å². The number of nitrogens with one attached hydrogen (secondary N) is 1. The van der Waals surface area contributed by atoms with Crippen LogP contribution < -0.4 is 5.32 Å². The van der Waals surface area contributed by atoms with Gasteiger partial charge in [0.2, 0.25) is 18.0 Å². The molecule has 20 heteroatoms. The Labute approximate surface area is 236 Å². The Bertz CT molecular complexity index is 1390. The molecule has 6 atom stereocenters. The van der Waals surface area contributed by atoms with E-state index in [1.54, 1.807) is 0 Å². The molecule has 0 aliphatic carbocycles. The van der Waals surface area contributed by atoms with Crippen molar-refractivity contribution < 1.29 is 70.6 Å². The first kappa shape index (κ1) is 31.9. The van der Waals surface area contributed by atoms with Crippen LogP contribution in [0.15, 0.2) is 12.1 Å². The van der Waals surface area contributed by atoms with Gasteiger partial charge in [0, 0.05) is 31.6 Å². The highest BCUT2D eigenvalue weighted by Gasteiger charge is 2.49. The largest absolute Gasteiger partial charge is 0.479 e. The van der Waals surface area contributed by atoms with Crippen LogP contribution in [0.5, 0.6) is 0 Å². The van der Waals surface area contributed by atoms with E-state index < -0.39 is 109 Å². The summed E-state index contributed by atoms with van der Waals surface area (Å²) in [6.45, 7) is -1.00. The highest BCUT2D eigenvalue weighted by Crippen LogP contribution is 2.30. The molecule has 1 aromatic heterocycles. The molecule has 2 aliphatic rings. The third kappa shape index (κ3) is 6.98. The van der Waals surface area contributed by atoms with E-state index in [1.165, 1.54) is 0 Å². The van der Waals surface area contributed by atoms with Gasteiger partial charge in [0.05, 0.1) is 6.54 Å². The van der Waals surface area contributed by atoms with Crippen molar-refractivity contribution in [1.29, 1.82) is 0 Å². The zero-order valence-electron chi connectivity index (χ0n) is 21.5. The lowest BCUT2D eigenvalue weighted by Crippen LogP contribution is -2.61. The summed E-state index contributed by atoms with van der Waals surface area (Å²) in [5.41, 5.74) is -0.497. The van der Waals surface area contributed by atoms with E-state index in [0.29, 0.717) is 6.07 Å². The van der Waals surface area contributed by atoms with Crippen molar-refractivity contribution in [2.75, 3.05) is 6.54 Å². The average Bonchev–Trinajstić information content (AvgIpc) is 3.36. The van der Waals surface area contributed by atoms with Gasteiger partial charge in [0.15, 0.2) is 23.6 Å². The molecule has 0 radical (unpaired) electrons. The Hall–Kier alpha value is -4.01. The maximum Gasteiger partial charge on any atom is 0.451 e. The lowest BCUT2D eigenvalue weighted by molar-refractivity contribution is -0.278. The first-order chi connectivity index (χ1) is 20.1. The topological polar surface area (TPSA) is 197 Å². The average molecular weight is 627 g/mol. The fraction of sp³-hybridized carbons (Fsp3) is 0.522. The first-order valence-corrected chi connectivity index (χ1v) is 12.4. The van der Waals surface area contributed by atoms with Crippen molar-refractivity contribution in [2.45, 2.75) is 68.9 Å². The van der Waals surface area contributed by atoms with Crippen molar-refractivity contribution in [3.8, 4) is 0 Å². The van der Waals surface area contributed by atoms with Crippen molar-refractivity contribution in [1.82, 2.24) is 25.0 Å². The molecule has 1 fully saturated rings. The number of halogens is 6. The molecule has 14 nitrogen and oxygen atoms in total. The molecule has 1 saturated heterocycles. The molecule has 3 heterocycles. The van der Waals surface area contributed by atoms with E-state index >= 15 is 0 Å². The normalized spacial score (nSPS) is 24.7. The van der Waals surface area contributed by atoms with Gasteiger partial charge in [-0.05, 0) is 18.1 Å². The van der Waals surface area contributed by atoms with Crippen LogP contribution in [0.4, 0.5) is 31.1 Å². The lowest BCUT2D eigenvalue weighted by Gasteiger charge is -2.38. The summed E-state index contributed by atoms with van der Waals surface area (Å²) in [5, 5.41) is 47.5. The van der Waals surface area contributed by atoms with E-state index in [-0.39, 0.29) is 25.0 Å². The van der Waals surface area contributed by atoms with Gasteiger partial charge in [-0.1, -0.05) is 0 Å². The molecule has 2 aromatic rings.